The van der Waals surface area contributed by atoms with E-state index in [2.05, 4.69) is 36.8 Å². The van der Waals surface area contributed by atoms with Crippen LogP contribution in [-0.2, 0) is 20.2 Å². The fourth-order valence-corrected chi connectivity index (χ4v) is 5.66. The monoisotopic (exact) mass is 614 g/mol. The van der Waals surface area contributed by atoms with Crippen LogP contribution in [-0.4, -0.2) is 52.9 Å². The molecule has 0 atom stereocenters. The highest BCUT2D eigenvalue weighted by Gasteiger charge is 2.31. The van der Waals surface area contributed by atoms with Crippen molar-refractivity contribution in [3.8, 4) is 28.5 Å². The van der Waals surface area contributed by atoms with Crippen molar-refractivity contribution in [2.45, 2.75) is 50.9 Å². The zero-order chi connectivity index (χ0) is 31.9. The third-order valence-corrected chi connectivity index (χ3v) is 8.10. The van der Waals surface area contributed by atoms with Gasteiger partial charge in [0.2, 0.25) is 5.95 Å². The smallest absolute Gasteiger partial charge is 0.323 e. The van der Waals surface area contributed by atoms with Crippen LogP contribution in [0.3, 0.4) is 0 Å². The van der Waals surface area contributed by atoms with E-state index in [0.29, 0.717) is 40.8 Å². The number of aromatic nitrogens is 6. The molecule has 12 nitrogen and oxygen atoms in total. The highest BCUT2D eigenvalue weighted by molar-refractivity contribution is 5.91. The maximum absolute atomic E-state index is 13.7. The van der Waals surface area contributed by atoms with Crippen molar-refractivity contribution in [3.05, 3.63) is 102 Å². The molecule has 1 fully saturated rings. The lowest BCUT2D eigenvalue weighted by Gasteiger charge is -2.36. The van der Waals surface area contributed by atoms with Crippen LogP contribution in [0.2, 0.25) is 0 Å². The van der Waals surface area contributed by atoms with E-state index in [1.807, 2.05) is 55.7 Å². The van der Waals surface area contributed by atoms with Gasteiger partial charge in [-0.25, -0.2) is 19.7 Å². The zero-order valence-corrected chi connectivity index (χ0v) is 25.4. The normalized spacial score (nSPS) is 15.9. The number of nitrogens with one attached hydrogen (secondary N) is 2. The molecular formula is C34H34N10O2. The molecule has 0 aliphatic heterocycles. The number of nitriles is 1. The third-order valence-electron chi connectivity index (χ3n) is 8.10. The summed E-state index contributed by atoms with van der Waals surface area (Å²) in [5.74, 6) is 1.02. The molecule has 0 radical (unpaired) electrons. The molecule has 46 heavy (non-hydrogen) atoms. The molecule has 2 amide bonds. The fourth-order valence-electron chi connectivity index (χ4n) is 5.66. The van der Waals surface area contributed by atoms with Gasteiger partial charge >= 0.3 is 6.03 Å². The number of anilines is 2. The average Bonchev–Trinajstić information content (AvgIpc) is 3.55. The number of pyridine rings is 2. The van der Waals surface area contributed by atoms with Gasteiger partial charge < -0.3 is 15.7 Å². The van der Waals surface area contributed by atoms with Crippen molar-refractivity contribution < 1.29 is 9.90 Å². The van der Waals surface area contributed by atoms with Crippen LogP contribution in [0.4, 0.5) is 16.6 Å². The van der Waals surface area contributed by atoms with E-state index < -0.39 is 0 Å². The first-order valence-electron chi connectivity index (χ1n) is 15.2. The quantitative estimate of drug-likeness (QED) is 0.211. The molecule has 0 saturated heterocycles. The SMILES string of the molecule is Cn1cc(-c2ccc(N(C(=O)NCc3ccccc3)[C@H]3CC[C@H](Nc4ncc(C#N)c(-c5ccc(CO)nc5)n4)CC3)nc2)cn1. The molecular weight excluding hydrogens is 580 g/mol. The van der Waals surface area contributed by atoms with Crippen molar-refractivity contribution in [2.75, 3.05) is 10.2 Å². The number of urea groups is 1. The van der Waals surface area contributed by atoms with Gasteiger partial charge in [0.15, 0.2) is 0 Å². The maximum atomic E-state index is 13.7. The van der Waals surface area contributed by atoms with Gasteiger partial charge in [-0.1, -0.05) is 30.3 Å². The van der Waals surface area contributed by atoms with Crippen LogP contribution in [0.5, 0.6) is 0 Å². The molecule has 0 bridgehead atoms. The minimum absolute atomic E-state index is 0.0564. The Morgan fingerprint density at radius 2 is 1.74 bits per heavy atom. The Hall–Kier alpha value is -5.67. The minimum Gasteiger partial charge on any atom is -0.390 e. The number of hydrogen-bond acceptors (Lipinski definition) is 9. The number of amides is 2. The molecule has 1 aromatic carbocycles. The van der Waals surface area contributed by atoms with E-state index in [1.165, 1.54) is 6.20 Å². The number of rotatable bonds is 9. The number of aryl methyl sites for hydroxylation is 1. The molecule has 0 unspecified atom stereocenters. The molecule has 5 aromatic rings. The van der Waals surface area contributed by atoms with Crippen molar-refractivity contribution in [1.29, 1.82) is 5.26 Å². The molecule has 1 aliphatic rings. The number of aliphatic hydroxyl groups excluding tert-OH is 1. The van der Waals surface area contributed by atoms with Gasteiger partial charge in [-0.05, 0) is 55.5 Å². The van der Waals surface area contributed by atoms with E-state index in [-0.39, 0.29) is 24.7 Å². The summed E-state index contributed by atoms with van der Waals surface area (Å²) in [6.45, 7) is 0.251. The van der Waals surface area contributed by atoms with E-state index in [9.17, 15) is 15.2 Å². The standard InChI is InChI=1S/C34H34N10O2/c1-43-21-27(20-40-43)24-8-14-31(37-17-24)44(34(46)39-16-23-5-3-2-4-6-23)30-12-10-28(11-13-30)41-33-38-19-26(15-35)32(42-33)25-7-9-29(22-45)36-18-25/h2-9,14,17-21,28,30,45H,10-13,16,22H2,1H3,(H,39,46)(H,38,41,42)/t28-,30-. The van der Waals surface area contributed by atoms with Gasteiger partial charge in [-0.2, -0.15) is 10.4 Å². The maximum Gasteiger partial charge on any atom is 0.323 e. The van der Waals surface area contributed by atoms with Crippen molar-refractivity contribution in [2.24, 2.45) is 7.05 Å². The lowest BCUT2D eigenvalue weighted by Crippen LogP contribution is -2.49. The third kappa shape index (κ3) is 7.00. The lowest BCUT2D eigenvalue weighted by molar-refractivity contribution is 0.240. The Kier molecular flexibility index (Phi) is 9.22. The summed E-state index contributed by atoms with van der Waals surface area (Å²) in [5, 5.41) is 29.7. The number of carbonyl (C=O) groups is 1. The second-order valence-electron chi connectivity index (χ2n) is 11.2. The van der Waals surface area contributed by atoms with Crippen molar-refractivity contribution >= 4 is 17.8 Å². The molecule has 1 saturated carbocycles. The second-order valence-corrected chi connectivity index (χ2v) is 11.2. The highest BCUT2D eigenvalue weighted by Crippen LogP contribution is 2.30. The van der Waals surface area contributed by atoms with Crippen LogP contribution in [0, 0.1) is 11.3 Å². The summed E-state index contributed by atoms with van der Waals surface area (Å²) in [6.07, 6.45) is 11.7. The van der Waals surface area contributed by atoms with Crippen LogP contribution in [0.15, 0.2) is 85.6 Å². The molecule has 0 spiro atoms. The van der Waals surface area contributed by atoms with Gasteiger partial charge in [0.25, 0.3) is 0 Å². The summed E-state index contributed by atoms with van der Waals surface area (Å²) in [7, 11) is 1.87. The Labute approximate surface area is 266 Å². The molecule has 4 aromatic heterocycles. The number of benzene rings is 1. The summed E-state index contributed by atoms with van der Waals surface area (Å²) in [5.41, 5.74) is 4.93. The highest BCUT2D eigenvalue weighted by atomic mass is 16.3. The van der Waals surface area contributed by atoms with Crippen molar-refractivity contribution in [3.63, 3.8) is 0 Å². The van der Waals surface area contributed by atoms with E-state index in [1.54, 1.807) is 40.3 Å². The van der Waals surface area contributed by atoms with Crippen LogP contribution < -0.4 is 15.5 Å². The van der Waals surface area contributed by atoms with Gasteiger partial charge in [-0.3, -0.25) is 14.6 Å². The molecule has 3 N–H and O–H groups in total. The predicted octanol–water partition coefficient (Wildman–Crippen LogP) is 4.84. The minimum atomic E-state index is -0.192. The van der Waals surface area contributed by atoms with Crippen LogP contribution in [0.25, 0.3) is 22.4 Å². The predicted molar refractivity (Wildman–Crippen MR) is 173 cm³/mol. The first-order valence-corrected chi connectivity index (χ1v) is 15.2. The number of nitrogens with zero attached hydrogens (tertiary/aromatic N) is 8. The average molecular weight is 615 g/mol. The van der Waals surface area contributed by atoms with Crippen LogP contribution >= 0.6 is 0 Å². The molecule has 6 rings (SSSR count). The number of hydrogen-bond donors (Lipinski definition) is 3. The topological polar surface area (TPSA) is 158 Å². The van der Waals surface area contributed by atoms with Gasteiger partial charge in [-0.15, -0.1) is 0 Å². The van der Waals surface area contributed by atoms with Crippen molar-refractivity contribution in [1.82, 2.24) is 35.0 Å². The van der Waals surface area contributed by atoms with Crippen LogP contribution in [0.1, 0.15) is 42.5 Å². The zero-order valence-electron chi connectivity index (χ0n) is 25.4. The molecule has 12 heteroatoms. The molecule has 4 heterocycles. The summed E-state index contributed by atoms with van der Waals surface area (Å²) in [6, 6.07) is 19.2. The summed E-state index contributed by atoms with van der Waals surface area (Å²) in [4.78, 5) is 33.5. The number of aliphatic hydroxyl groups is 1. The molecule has 232 valence electrons. The Morgan fingerprint density at radius 3 is 2.39 bits per heavy atom. The van der Waals surface area contributed by atoms with E-state index >= 15 is 0 Å². The Morgan fingerprint density at radius 1 is 0.957 bits per heavy atom. The lowest BCUT2D eigenvalue weighted by atomic mass is 9.90. The van der Waals surface area contributed by atoms with Gasteiger partial charge in [0, 0.05) is 61.0 Å². The fraction of sp³-hybridized carbons (Fsp3) is 0.265. The van der Waals surface area contributed by atoms with E-state index in [4.69, 9.17) is 4.98 Å². The largest absolute Gasteiger partial charge is 0.390 e. The second kappa shape index (κ2) is 14.0. The first kappa shape index (κ1) is 30.4. The first-order chi connectivity index (χ1) is 22.5. The Bertz CT molecular complexity index is 1810. The molecule has 1 aliphatic carbocycles. The summed E-state index contributed by atoms with van der Waals surface area (Å²) >= 11 is 0. The number of carbonyl (C=O) groups excluding carboxylic acids is 1. The van der Waals surface area contributed by atoms with Gasteiger partial charge in [0.1, 0.15) is 11.9 Å². The summed E-state index contributed by atoms with van der Waals surface area (Å²) < 4.78 is 1.75. The Balaban J connectivity index is 1.16. The van der Waals surface area contributed by atoms with Gasteiger partial charge in [0.05, 0.1) is 36.0 Å². The van der Waals surface area contributed by atoms with E-state index in [0.717, 1.165) is 42.4 Å².